The first-order chi connectivity index (χ1) is 14.7. The number of benzene rings is 2. The molecule has 1 amide bonds. The summed E-state index contributed by atoms with van der Waals surface area (Å²) in [7, 11) is 0. The fourth-order valence-electron chi connectivity index (χ4n) is 4.19. The highest BCUT2D eigenvalue weighted by atomic mass is 16.6. The quantitative estimate of drug-likeness (QED) is 0.459. The van der Waals surface area contributed by atoms with Crippen LogP contribution in [0, 0.1) is 6.92 Å². The predicted octanol–water partition coefficient (Wildman–Crippen LogP) is 7.12. The lowest BCUT2D eigenvalue weighted by Gasteiger charge is -2.27. The second-order valence-corrected chi connectivity index (χ2v) is 11.3. The number of alkyl carbamates (subject to hydrolysis) is 1. The molecule has 0 saturated heterocycles. The van der Waals surface area contributed by atoms with Crippen LogP contribution in [0.5, 0.6) is 0 Å². The van der Waals surface area contributed by atoms with Crippen molar-refractivity contribution in [2.45, 2.75) is 85.3 Å². The van der Waals surface area contributed by atoms with Crippen molar-refractivity contribution in [1.29, 1.82) is 0 Å². The zero-order valence-corrected chi connectivity index (χ0v) is 21.1. The number of rotatable bonds is 4. The number of hydrogen-bond acceptors (Lipinski definition) is 2. The molecule has 3 aromatic rings. The van der Waals surface area contributed by atoms with Crippen molar-refractivity contribution in [2.24, 2.45) is 0 Å². The van der Waals surface area contributed by atoms with Gasteiger partial charge in [-0.1, -0.05) is 65.0 Å². The van der Waals surface area contributed by atoms with E-state index in [0.717, 1.165) is 5.56 Å². The molecule has 1 heterocycles. The minimum absolute atomic E-state index is 0.0776. The number of aromatic amines is 1. The van der Waals surface area contributed by atoms with Gasteiger partial charge in [-0.15, -0.1) is 0 Å². The summed E-state index contributed by atoms with van der Waals surface area (Å²) in [6.45, 7) is 19.5. The average molecular weight is 435 g/mol. The van der Waals surface area contributed by atoms with Crippen LogP contribution >= 0.6 is 0 Å². The van der Waals surface area contributed by atoms with Gasteiger partial charge in [0.15, 0.2) is 0 Å². The molecule has 0 fully saturated rings. The standard InChI is InChI=1S/C28H38N2O2/c1-18-22-16-21(13-14-23(22)30-24(18)26(2,3)4)28(8,9)20-12-10-11-19(15-20)17-29-25(31)32-27(5,6)7/h10-16,30H,17H2,1-9H3,(H,29,31). The lowest BCUT2D eigenvalue weighted by Crippen LogP contribution is -2.32. The maximum Gasteiger partial charge on any atom is 0.407 e. The Kier molecular flexibility index (Phi) is 6.21. The van der Waals surface area contributed by atoms with Gasteiger partial charge in [-0.3, -0.25) is 0 Å². The van der Waals surface area contributed by atoms with E-state index in [1.165, 1.54) is 33.3 Å². The number of amides is 1. The van der Waals surface area contributed by atoms with Gasteiger partial charge < -0.3 is 15.0 Å². The van der Waals surface area contributed by atoms with E-state index in [0.29, 0.717) is 6.54 Å². The van der Waals surface area contributed by atoms with Gasteiger partial charge in [-0.05, 0) is 62.1 Å². The summed E-state index contributed by atoms with van der Waals surface area (Å²) in [5.74, 6) is 0. The van der Waals surface area contributed by atoms with E-state index in [9.17, 15) is 4.79 Å². The molecule has 2 N–H and O–H groups in total. The smallest absolute Gasteiger partial charge is 0.407 e. The maximum absolute atomic E-state index is 12.0. The lowest BCUT2D eigenvalue weighted by atomic mass is 9.77. The first-order valence-corrected chi connectivity index (χ1v) is 11.4. The van der Waals surface area contributed by atoms with Crippen LogP contribution in [0.1, 0.15) is 83.3 Å². The topological polar surface area (TPSA) is 54.1 Å². The third-order valence-electron chi connectivity index (χ3n) is 6.01. The minimum atomic E-state index is -0.504. The zero-order valence-electron chi connectivity index (χ0n) is 21.1. The summed E-state index contributed by atoms with van der Waals surface area (Å²) >= 11 is 0. The van der Waals surface area contributed by atoms with Crippen LogP contribution in [-0.2, 0) is 22.1 Å². The van der Waals surface area contributed by atoms with E-state index in [-0.39, 0.29) is 10.8 Å². The number of carbonyl (C=O) groups is 1. The van der Waals surface area contributed by atoms with Crippen LogP contribution in [0.3, 0.4) is 0 Å². The van der Waals surface area contributed by atoms with Crippen molar-refractivity contribution in [1.82, 2.24) is 10.3 Å². The Morgan fingerprint density at radius 1 is 0.938 bits per heavy atom. The molecule has 0 radical (unpaired) electrons. The number of H-pyrrole nitrogens is 1. The molecule has 0 bridgehead atoms. The van der Waals surface area contributed by atoms with Gasteiger partial charge in [0.05, 0.1) is 0 Å². The molecule has 2 aromatic carbocycles. The molecule has 4 heteroatoms. The number of nitrogens with one attached hydrogen (secondary N) is 2. The molecule has 0 aliphatic rings. The molecular weight excluding hydrogens is 396 g/mol. The van der Waals surface area contributed by atoms with Crippen molar-refractivity contribution >= 4 is 17.0 Å². The summed E-state index contributed by atoms with van der Waals surface area (Å²) in [4.78, 5) is 15.7. The lowest BCUT2D eigenvalue weighted by molar-refractivity contribution is 0.0523. The SMILES string of the molecule is Cc1c(C(C)(C)C)[nH]c2ccc(C(C)(C)c3cccc(CNC(=O)OC(C)(C)C)c3)cc12. The van der Waals surface area contributed by atoms with Gasteiger partial charge in [0.1, 0.15) is 5.60 Å². The van der Waals surface area contributed by atoms with Gasteiger partial charge in [-0.2, -0.15) is 0 Å². The van der Waals surface area contributed by atoms with Gasteiger partial charge >= 0.3 is 6.09 Å². The Bertz CT molecular complexity index is 1120. The molecule has 0 spiro atoms. The highest BCUT2D eigenvalue weighted by molar-refractivity contribution is 5.86. The summed E-state index contributed by atoms with van der Waals surface area (Å²) < 4.78 is 5.35. The van der Waals surface area contributed by atoms with Crippen LogP contribution < -0.4 is 5.32 Å². The Hall–Kier alpha value is -2.75. The Morgan fingerprint density at radius 2 is 1.59 bits per heavy atom. The molecule has 0 unspecified atom stereocenters. The number of carbonyl (C=O) groups excluding carboxylic acids is 1. The second-order valence-electron chi connectivity index (χ2n) is 11.3. The van der Waals surface area contributed by atoms with Crippen LogP contribution in [0.25, 0.3) is 10.9 Å². The summed E-state index contributed by atoms with van der Waals surface area (Å²) in [5, 5.41) is 4.14. The molecule has 1 aromatic heterocycles. The highest BCUT2D eigenvalue weighted by Crippen LogP contribution is 2.36. The molecular formula is C28H38N2O2. The van der Waals surface area contributed by atoms with Crippen molar-refractivity contribution in [3.8, 4) is 0 Å². The Labute approximate surface area is 192 Å². The fraction of sp³-hybridized carbons (Fsp3) is 0.464. The van der Waals surface area contributed by atoms with Gasteiger partial charge in [0, 0.05) is 34.0 Å². The summed E-state index contributed by atoms with van der Waals surface area (Å²) in [6, 6.07) is 15.2. The number of ether oxygens (including phenoxy) is 1. The minimum Gasteiger partial charge on any atom is -0.444 e. The van der Waals surface area contributed by atoms with E-state index < -0.39 is 11.7 Å². The molecule has 3 rings (SSSR count). The van der Waals surface area contributed by atoms with Crippen LogP contribution in [0.2, 0.25) is 0 Å². The van der Waals surface area contributed by atoms with Crippen LogP contribution in [0.15, 0.2) is 42.5 Å². The zero-order chi connectivity index (χ0) is 23.9. The van der Waals surface area contributed by atoms with Crippen molar-refractivity contribution in [3.63, 3.8) is 0 Å². The third-order valence-corrected chi connectivity index (χ3v) is 6.01. The summed E-state index contributed by atoms with van der Waals surface area (Å²) in [5.41, 5.74) is 6.72. The largest absolute Gasteiger partial charge is 0.444 e. The maximum atomic E-state index is 12.0. The van der Waals surface area contributed by atoms with Gasteiger partial charge in [-0.25, -0.2) is 4.79 Å². The predicted molar refractivity (Wildman–Crippen MR) is 133 cm³/mol. The Morgan fingerprint density at radius 3 is 2.22 bits per heavy atom. The number of fused-ring (bicyclic) bond motifs is 1. The second kappa shape index (κ2) is 8.31. The number of aryl methyl sites for hydroxylation is 1. The van der Waals surface area contributed by atoms with Crippen molar-refractivity contribution in [3.05, 3.63) is 70.4 Å². The molecule has 0 atom stereocenters. The number of aromatic nitrogens is 1. The summed E-state index contributed by atoms with van der Waals surface area (Å²) in [6.07, 6.45) is -0.398. The third kappa shape index (κ3) is 5.17. The monoisotopic (exact) mass is 434 g/mol. The molecule has 172 valence electrons. The van der Waals surface area contributed by atoms with Crippen molar-refractivity contribution < 1.29 is 9.53 Å². The Balaban J connectivity index is 1.88. The first-order valence-electron chi connectivity index (χ1n) is 11.4. The van der Waals surface area contributed by atoms with Gasteiger partial charge in [0.25, 0.3) is 0 Å². The van der Waals surface area contributed by atoms with E-state index >= 15 is 0 Å². The highest BCUT2D eigenvalue weighted by Gasteiger charge is 2.26. The van der Waals surface area contributed by atoms with E-state index in [4.69, 9.17) is 4.74 Å². The van der Waals surface area contributed by atoms with Gasteiger partial charge in [0.2, 0.25) is 0 Å². The molecule has 32 heavy (non-hydrogen) atoms. The molecule has 0 aliphatic heterocycles. The van der Waals surface area contributed by atoms with Crippen LogP contribution in [0.4, 0.5) is 4.79 Å². The number of hydrogen-bond donors (Lipinski definition) is 2. The molecule has 0 aliphatic carbocycles. The average Bonchev–Trinajstić information content (AvgIpc) is 3.02. The molecule has 4 nitrogen and oxygen atoms in total. The fourth-order valence-corrected chi connectivity index (χ4v) is 4.19. The van der Waals surface area contributed by atoms with E-state index in [2.05, 4.69) is 88.2 Å². The first kappa shape index (κ1) is 23.9. The van der Waals surface area contributed by atoms with Crippen molar-refractivity contribution in [2.75, 3.05) is 0 Å². The van der Waals surface area contributed by atoms with E-state index in [1.807, 2.05) is 26.8 Å². The normalized spacial score (nSPS) is 12.8. The van der Waals surface area contributed by atoms with E-state index in [1.54, 1.807) is 0 Å². The molecule has 0 saturated carbocycles. The van der Waals surface area contributed by atoms with Crippen LogP contribution in [-0.4, -0.2) is 16.7 Å².